The first-order valence-corrected chi connectivity index (χ1v) is 10.9. The number of hydrogen-bond acceptors (Lipinski definition) is 5. The maximum atomic E-state index is 14.5. The van der Waals surface area contributed by atoms with Gasteiger partial charge < -0.3 is 19.7 Å². The molecule has 0 spiro atoms. The molecular formula is C22H32FN3O3. The van der Waals surface area contributed by atoms with Gasteiger partial charge >= 0.3 is 0 Å². The van der Waals surface area contributed by atoms with Crippen LogP contribution in [0.4, 0.5) is 4.39 Å². The maximum absolute atomic E-state index is 14.5. The predicted molar refractivity (Wildman–Crippen MR) is 108 cm³/mol. The standard InChI is InChI=1S/C22H32FN3O3/c23-21-14-20(29-19-6-8-26(9-7-19)18-2-1-3-18)5-4-17(21)15-24-22(27)16-25-10-12-28-13-11-25/h4-5,14,18-19H,1-3,6-13,15-16H2,(H,24,27). The van der Waals surface area contributed by atoms with Crippen molar-refractivity contribution < 1.29 is 18.7 Å². The molecular weight excluding hydrogens is 373 g/mol. The third kappa shape index (κ3) is 5.68. The summed E-state index contributed by atoms with van der Waals surface area (Å²) < 4.78 is 25.8. The topological polar surface area (TPSA) is 54.0 Å². The van der Waals surface area contributed by atoms with Gasteiger partial charge in [-0.25, -0.2) is 4.39 Å². The Morgan fingerprint density at radius 2 is 1.90 bits per heavy atom. The Hall–Kier alpha value is -1.70. The first-order chi connectivity index (χ1) is 14.2. The van der Waals surface area contributed by atoms with Crippen LogP contribution in [-0.4, -0.2) is 73.8 Å². The number of halogens is 1. The first-order valence-electron chi connectivity index (χ1n) is 10.9. The van der Waals surface area contributed by atoms with Crippen molar-refractivity contribution in [2.75, 3.05) is 45.9 Å². The number of amides is 1. The SMILES string of the molecule is O=C(CN1CCOCC1)NCc1ccc(OC2CCN(C3CCC3)CC2)cc1F. The van der Waals surface area contributed by atoms with Crippen LogP contribution in [0, 0.1) is 5.82 Å². The van der Waals surface area contributed by atoms with Gasteiger partial charge in [-0.05, 0) is 31.7 Å². The molecule has 2 aliphatic heterocycles. The van der Waals surface area contributed by atoms with Crippen molar-refractivity contribution in [1.82, 2.24) is 15.1 Å². The summed E-state index contributed by atoms with van der Waals surface area (Å²) in [6.07, 6.45) is 6.18. The summed E-state index contributed by atoms with van der Waals surface area (Å²) >= 11 is 0. The van der Waals surface area contributed by atoms with Gasteiger partial charge in [-0.15, -0.1) is 0 Å². The molecule has 7 heteroatoms. The number of nitrogens with zero attached hydrogens (tertiary/aromatic N) is 2. The minimum Gasteiger partial charge on any atom is -0.490 e. The zero-order valence-corrected chi connectivity index (χ0v) is 17.1. The summed E-state index contributed by atoms with van der Waals surface area (Å²) in [5.41, 5.74) is 0.479. The average Bonchev–Trinajstić information content (AvgIpc) is 2.68. The van der Waals surface area contributed by atoms with Crippen LogP contribution >= 0.6 is 0 Å². The van der Waals surface area contributed by atoms with Crippen LogP contribution in [0.15, 0.2) is 18.2 Å². The summed E-state index contributed by atoms with van der Waals surface area (Å²) in [4.78, 5) is 16.7. The van der Waals surface area contributed by atoms with Crippen LogP contribution in [0.25, 0.3) is 0 Å². The average molecular weight is 406 g/mol. The van der Waals surface area contributed by atoms with E-state index in [0.29, 0.717) is 31.1 Å². The zero-order chi connectivity index (χ0) is 20.1. The van der Waals surface area contributed by atoms with Crippen molar-refractivity contribution in [3.63, 3.8) is 0 Å². The van der Waals surface area contributed by atoms with Gasteiger partial charge in [0.2, 0.25) is 5.91 Å². The molecule has 0 unspecified atom stereocenters. The second kappa shape index (κ2) is 9.87. The maximum Gasteiger partial charge on any atom is 0.234 e. The molecule has 29 heavy (non-hydrogen) atoms. The molecule has 0 radical (unpaired) electrons. The molecule has 1 aromatic carbocycles. The third-order valence-electron chi connectivity index (χ3n) is 6.34. The Balaban J connectivity index is 1.21. The minimum atomic E-state index is -0.332. The van der Waals surface area contributed by atoms with Crippen LogP contribution in [0.3, 0.4) is 0 Å². The van der Waals surface area contributed by atoms with Gasteiger partial charge in [-0.3, -0.25) is 9.69 Å². The number of benzene rings is 1. The second-order valence-electron chi connectivity index (χ2n) is 8.36. The van der Waals surface area contributed by atoms with Crippen molar-refractivity contribution in [2.45, 2.75) is 50.8 Å². The first kappa shape index (κ1) is 20.6. The number of morpholine rings is 1. The molecule has 6 nitrogen and oxygen atoms in total. The molecule has 0 atom stereocenters. The summed E-state index contributed by atoms with van der Waals surface area (Å²) in [5.74, 6) is 0.152. The molecule has 1 amide bonds. The summed E-state index contributed by atoms with van der Waals surface area (Å²) in [6, 6.07) is 5.75. The normalized spacial score (nSPS) is 22.2. The molecule has 160 valence electrons. The fraction of sp³-hybridized carbons (Fsp3) is 0.682. The zero-order valence-electron chi connectivity index (χ0n) is 17.1. The highest BCUT2D eigenvalue weighted by Crippen LogP contribution is 2.28. The van der Waals surface area contributed by atoms with Crippen molar-refractivity contribution in [3.05, 3.63) is 29.6 Å². The van der Waals surface area contributed by atoms with E-state index < -0.39 is 0 Å². The number of hydrogen-bond donors (Lipinski definition) is 1. The van der Waals surface area contributed by atoms with E-state index in [1.54, 1.807) is 6.07 Å². The van der Waals surface area contributed by atoms with Crippen molar-refractivity contribution in [2.24, 2.45) is 0 Å². The van der Waals surface area contributed by atoms with E-state index in [2.05, 4.69) is 10.2 Å². The Morgan fingerprint density at radius 3 is 2.55 bits per heavy atom. The van der Waals surface area contributed by atoms with Gasteiger partial charge in [0, 0.05) is 50.4 Å². The lowest BCUT2D eigenvalue weighted by molar-refractivity contribution is -0.123. The van der Waals surface area contributed by atoms with Crippen molar-refractivity contribution in [3.8, 4) is 5.75 Å². The summed E-state index contributed by atoms with van der Waals surface area (Å²) in [6.45, 7) is 5.49. The highest BCUT2D eigenvalue weighted by molar-refractivity contribution is 5.78. The van der Waals surface area contributed by atoms with Gasteiger partial charge in [0.25, 0.3) is 0 Å². The summed E-state index contributed by atoms with van der Waals surface area (Å²) in [7, 11) is 0. The molecule has 1 N–H and O–H groups in total. The highest BCUT2D eigenvalue weighted by Gasteiger charge is 2.29. The molecule has 2 saturated heterocycles. The van der Waals surface area contributed by atoms with Crippen LogP contribution in [0.1, 0.15) is 37.7 Å². The van der Waals surface area contributed by atoms with Gasteiger partial charge in [0.1, 0.15) is 17.7 Å². The van der Waals surface area contributed by atoms with Crippen LogP contribution in [0.5, 0.6) is 5.75 Å². The molecule has 3 fully saturated rings. The van der Waals surface area contributed by atoms with Crippen molar-refractivity contribution >= 4 is 5.91 Å². The molecule has 0 aromatic heterocycles. The quantitative estimate of drug-likeness (QED) is 0.754. The van der Waals surface area contributed by atoms with E-state index >= 15 is 0 Å². The molecule has 1 aromatic rings. The van der Waals surface area contributed by atoms with Crippen LogP contribution in [0.2, 0.25) is 0 Å². The minimum absolute atomic E-state index is 0.0927. The van der Waals surface area contributed by atoms with Gasteiger partial charge in [-0.1, -0.05) is 12.5 Å². The second-order valence-corrected chi connectivity index (χ2v) is 8.36. The number of nitrogens with one attached hydrogen (secondary N) is 1. The number of piperidine rings is 1. The monoisotopic (exact) mass is 405 g/mol. The lowest BCUT2D eigenvalue weighted by Gasteiger charge is -2.41. The molecule has 0 bridgehead atoms. The fourth-order valence-electron chi connectivity index (χ4n) is 4.26. The lowest BCUT2D eigenvalue weighted by atomic mass is 9.90. The van der Waals surface area contributed by atoms with E-state index in [1.165, 1.54) is 25.3 Å². The number of likely N-dealkylation sites (tertiary alicyclic amines) is 1. The number of ether oxygens (including phenoxy) is 2. The number of carbonyl (C=O) groups is 1. The largest absolute Gasteiger partial charge is 0.490 e. The third-order valence-corrected chi connectivity index (χ3v) is 6.34. The van der Waals surface area contributed by atoms with E-state index in [9.17, 15) is 9.18 Å². The highest BCUT2D eigenvalue weighted by atomic mass is 19.1. The smallest absolute Gasteiger partial charge is 0.234 e. The predicted octanol–water partition coefficient (Wildman–Crippen LogP) is 2.17. The molecule has 2 heterocycles. The van der Waals surface area contributed by atoms with Gasteiger partial charge in [0.05, 0.1) is 19.8 Å². The van der Waals surface area contributed by atoms with Gasteiger partial charge in [0.15, 0.2) is 0 Å². The molecule has 1 aliphatic carbocycles. The summed E-state index contributed by atoms with van der Waals surface area (Å²) in [5, 5.41) is 2.81. The Kier molecular flexibility index (Phi) is 7.00. The van der Waals surface area contributed by atoms with Crippen LogP contribution in [-0.2, 0) is 16.1 Å². The van der Waals surface area contributed by atoms with E-state index in [-0.39, 0.29) is 24.4 Å². The fourth-order valence-corrected chi connectivity index (χ4v) is 4.26. The Labute approximate surface area is 172 Å². The lowest BCUT2D eigenvalue weighted by Crippen LogP contribution is -2.46. The Morgan fingerprint density at radius 1 is 1.14 bits per heavy atom. The van der Waals surface area contributed by atoms with E-state index in [1.807, 2.05) is 11.0 Å². The molecule has 3 aliphatic rings. The molecule has 1 saturated carbocycles. The number of carbonyl (C=O) groups excluding carboxylic acids is 1. The van der Waals surface area contributed by atoms with Crippen LogP contribution < -0.4 is 10.1 Å². The van der Waals surface area contributed by atoms with Crippen molar-refractivity contribution in [1.29, 1.82) is 0 Å². The Bertz CT molecular complexity index is 684. The van der Waals surface area contributed by atoms with E-state index in [4.69, 9.17) is 9.47 Å². The number of rotatable bonds is 7. The van der Waals surface area contributed by atoms with Gasteiger partial charge in [-0.2, -0.15) is 0 Å². The molecule has 4 rings (SSSR count). The van der Waals surface area contributed by atoms with E-state index in [0.717, 1.165) is 45.1 Å².